The molecule has 0 aromatic rings. The van der Waals surface area contributed by atoms with Crippen LogP contribution in [0.5, 0.6) is 0 Å². The molecular formula is C7H12N4O2. The van der Waals surface area contributed by atoms with Gasteiger partial charge in [0.1, 0.15) is 18.0 Å². The van der Waals surface area contributed by atoms with E-state index in [2.05, 4.69) is 10.4 Å². The largest absolute Gasteiger partial charge is 0.351 e. The van der Waals surface area contributed by atoms with Crippen molar-refractivity contribution in [2.45, 2.75) is 13.3 Å². The number of hydrogen-bond acceptors (Lipinski definition) is 5. The Bertz CT molecular complexity index is 237. The molecule has 0 atom stereocenters. The molecule has 0 aromatic heterocycles. The molecule has 0 rings (SSSR count). The van der Waals surface area contributed by atoms with Gasteiger partial charge in [-0.25, -0.2) is 5.53 Å². The lowest BCUT2D eigenvalue weighted by Crippen LogP contribution is -2.33. The number of ketones is 1. The highest BCUT2D eigenvalue weighted by atomic mass is 16.2. The van der Waals surface area contributed by atoms with Gasteiger partial charge in [0.2, 0.25) is 0 Å². The molecule has 3 N–H and O–H groups in total. The van der Waals surface area contributed by atoms with Crippen LogP contribution in [-0.4, -0.2) is 30.5 Å². The van der Waals surface area contributed by atoms with Gasteiger partial charge in [0.15, 0.2) is 0 Å². The van der Waals surface area contributed by atoms with Crippen molar-refractivity contribution in [2.75, 3.05) is 13.1 Å². The van der Waals surface area contributed by atoms with E-state index in [0.29, 0.717) is 0 Å². The molecule has 0 saturated carbocycles. The number of amides is 1. The van der Waals surface area contributed by atoms with Crippen LogP contribution in [0.3, 0.4) is 0 Å². The van der Waals surface area contributed by atoms with Crippen molar-refractivity contribution in [1.82, 2.24) is 5.32 Å². The topological polar surface area (TPSA) is 106 Å². The molecule has 0 aliphatic carbocycles. The van der Waals surface area contributed by atoms with E-state index in [9.17, 15) is 9.59 Å². The molecule has 0 saturated heterocycles. The molecule has 13 heavy (non-hydrogen) atoms. The highest BCUT2D eigenvalue weighted by Gasteiger charge is 2.07. The zero-order valence-corrected chi connectivity index (χ0v) is 7.39. The van der Waals surface area contributed by atoms with E-state index in [1.807, 2.05) is 0 Å². The second kappa shape index (κ2) is 5.99. The van der Waals surface area contributed by atoms with Crippen molar-refractivity contribution in [3.05, 3.63) is 0 Å². The standard InChI is InChI=1S/C7H12N4O2/c1-5(12)2-3-10-7(13)6(8)4-11-9/h8-9H,2-4H2,1H3,(H,10,13). The molecule has 0 radical (unpaired) electrons. The molecule has 0 aromatic carbocycles. The van der Waals surface area contributed by atoms with Crippen LogP contribution in [0.2, 0.25) is 0 Å². The first-order valence-corrected chi connectivity index (χ1v) is 3.76. The number of carbonyl (C=O) groups excluding carboxylic acids is 2. The van der Waals surface area contributed by atoms with Crippen LogP contribution in [0.1, 0.15) is 13.3 Å². The highest BCUT2D eigenvalue weighted by molar-refractivity contribution is 6.38. The Morgan fingerprint density at radius 3 is 2.54 bits per heavy atom. The second-order valence-electron chi connectivity index (χ2n) is 2.50. The first-order chi connectivity index (χ1) is 6.07. The quantitative estimate of drug-likeness (QED) is 0.403. The molecular weight excluding hydrogens is 172 g/mol. The Kier molecular flexibility index (Phi) is 5.25. The van der Waals surface area contributed by atoms with Crippen LogP contribution in [0.15, 0.2) is 5.11 Å². The van der Waals surface area contributed by atoms with Crippen LogP contribution in [0.4, 0.5) is 0 Å². The Morgan fingerprint density at radius 1 is 1.46 bits per heavy atom. The van der Waals surface area contributed by atoms with Crippen molar-refractivity contribution in [3.63, 3.8) is 0 Å². The molecule has 0 fully saturated rings. The van der Waals surface area contributed by atoms with Gasteiger partial charge in [-0.1, -0.05) is 0 Å². The third-order valence-electron chi connectivity index (χ3n) is 1.27. The Hall–Kier alpha value is -1.59. The number of hydrogen-bond donors (Lipinski definition) is 3. The molecule has 0 heterocycles. The fourth-order valence-electron chi connectivity index (χ4n) is 0.610. The van der Waals surface area contributed by atoms with Gasteiger partial charge < -0.3 is 5.32 Å². The predicted octanol–water partition coefficient (Wildman–Crippen LogP) is 0.132. The molecule has 0 spiro atoms. The minimum atomic E-state index is -0.572. The van der Waals surface area contributed by atoms with E-state index in [0.717, 1.165) is 0 Å². The summed E-state index contributed by atoms with van der Waals surface area (Å²) in [5, 5.41) is 12.3. The molecule has 72 valence electrons. The number of Topliss-reactive ketones (excluding diaryl/α,β-unsaturated/α-hetero) is 1. The monoisotopic (exact) mass is 184 g/mol. The number of nitrogens with one attached hydrogen (secondary N) is 3. The third kappa shape index (κ3) is 5.66. The van der Waals surface area contributed by atoms with Crippen molar-refractivity contribution < 1.29 is 9.59 Å². The van der Waals surface area contributed by atoms with E-state index in [4.69, 9.17) is 10.9 Å². The van der Waals surface area contributed by atoms with Crippen LogP contribution < -0.4 is 5.32 Å². The minimum Gasteiger partial charge on any atom is -0.351 e. The number of nitrogens with zero attached hydrogens (tertiary/aromatic N) is 1. The number of carbonyl (C=O) groups is 2. The summed E-state index contributed by atoms with van der Waals surface area (Å²) in [7, 11) is 0. The fourth-order valence-corrected chi connectivity index (χ4v) is 0.610. The Labute approximate surface area is 75.7 Å². The van der Waals surface area contributed by atoms with E-state index in [1.54, 1.807) is 0 Å². The van der Waals surface area contributed by atoms with Gasteiger partial charge in [0, 0.05) is 13.0 Å². The molecule has 6 nitrogen and oxygen atoms in total. The Morgan fingerprint density at radius 2 is 2.08 bits per heavy atom. The number of rotatable bonds is 6. The summed E-state index contributed by atoms with van der Waals surface area (Å²) in [6.07, 6.45) is 0.261. The van der Waals surface area contributed by atoms with Crippen LogP contribution in [-0.2, 0) is 9.59 Å². The van der Waals surface area contributed by atoms with Gasteiger partial charge in [-0.3, -0.25) is 15.0 Å². The molecule has 6 heteroatoms. The highest BCUT2D eigenvalue weighted by Crippen LogP contribution is 1.81. The maximum Gasteiger partial charge on any atom is 0.266 e. The lowest BCUT2D eigenvalue weighted by molar-refractivity contribution is -0.117. The van der Waals surface area contributed by atoms with Gasteiger partial charge in [-0.15, -0.1) is 0 Å². The fraction of sp³-hybridized carbons (Fsp3) is 0.571. The van der Waals surface area contributed by atoms with Gasteiger partial charge >= 0.3 is 0 Å². The van der Waals surface area contributed by atoms with Crippen LogP contribution in [0, 0.1) is 10.9 Å². The second-order valence-corrected chi connectivity index (χ2v) is 2.50. The van der Waals surface area contributed by atoms with Crippen LogP contribution in [0.25, 0.3) is 0 Å². The molecule has 0 aliphatic heterocycles. The van der Waals surface area contributed by atoms with Crippen molar-refractivity contribution in [1.29, 1.82) is 10.9 Å². The summed E-state index contributed by atoms with van der Waals surface area (Å²) in [4.78, 5) is 21.4. The van der Waals surface area contributed by atoms with Crippen LogP contribution >= 0.6 is 0 Å². The molecule has 1 amide bonds. The lowest BCUT2D eigenvalue weighted by atomic mass is 10.3. The molecule has 0 unspecified atom stereocenters. The summed E-state index contributed by atoms with van der Waals surface area (Å²) in [6, 6.07) is 0. The van der Waals surface area contributed by atoms with Gasteiger partial charge in [-0.2, -0.15) is 5.11 Å². The van der Waals surface area contributed by atoms with Gasteiger partial charge in [-0.05, 0) is 6.92 Å². The summed E-state index contributed by atoms with van der Waals surface area (Å²) < 4.78 is 0. The first kappa shape index (κ1) is 11.4. The maximum absolute atomic E-state index is 10.9. The van der Waals surface area contributed by atoms with Crippen molar-refractivity contribution in [3.8, 4) is 0 Å². The maximum atomic E-state index is 10.9. The molecule has 0 aliphatic rings. The zero-order valence-electron chi connectivity index (χ0n) is 7.39. The minimum absolute atomic E-state index is 0.0167. The van der Waals surface area contributed by atoms with Gasteiger partial charge in [0.25, 0.3) is 5.91 Å². The smallest absolute Gasteiger partial charge is 0.266 e. The predicted molar refractivity (Wildman–Crippen MR) is 46.0 cm³/mol. The normalized spacial score (nSPS) is 9.00. The van der Waals surface area contributed by atoms with E-state index < -0.39 is 5.91 Å². The summed E-state index contributed by atoms with van der Waals surface area (Å²) >= 11 is 0. The van der Waals surface area contributed by atoms with Crippen molar-refractivity contribution in [2.24, 2.45) is 5.11 Å². The average molecular weight is 184 g/mol. The van der Waals surface area contributed by atoms with E-state index in [1.165, 1.54) is 6.92 Å². The molecule has 0 bridgehead atoms. The van der Waals surface area contributed by atoms with E-state index >= 15 is 0 Å². The first-order valence-electron chi connectivity index (χ1n) is 3.76. The Balaban J connectivity index is 3.68. The van der Waals surface area contributed by atoms with E-state index in [-0.39, 0.29) is 31.0 Å². The summed E-state index contributed by atoms with van der Waals surface area (Å²) in [6.45, 7) is 1.44. The zero-order chi connectivity index (χ0) is 10.3. The average Bonchev–Trinajstić information content (AvgIpc) is 2.04. The van der Waals surface area contributed by atoms with Crippen molar-refractivity contribution >= 4 is 17.4 Å². The SMILES string of the molecule is CC(=O)CCNC(=O)C(=N)CN=N. The van der Waals surface area contributed by atoms with Gasteiger partial charge in [0.05, 0.1) is 0 Å². The summed E-state index contributed by atoms with van der Waals surface area (Å²) in [5.74, 6) is -0.589. The summed E-state index contributed by atoms with van der Waals surface area (Å²) in [5.41, 5.74) is 6.16. The third-order valence-corrected chi connectivity index (χ3v) is 1.27. The lowest BCUT2D eigenvalue weighted by Gasteiger charge is -2.01.